The van der Waals surface area contributed by atoms with Gasteiger partial charge in [0.15, 0.2) is 5.13 Å². The number of nitrogens with one attached hydrogen (secondary N) is 1. The fraction of sp³-hybridized carbons (Fsp3) is 0.0800. The number of methoxy groups -OCH3 is 2. The average molecular weight is 457 g/mol. The molecule has 0 unspecified atom stereocenters. The van der Waals surface area contributed by atoms with Crippen molar-refractivity contribution in [2.24, 2.45) is 0 Å². The standard InChI is InChI=1S/C25H20N4O3S/c1-31-17-12-13-18(21(14-17)32-2)23-19(15-29(28-23)16-8-4-3-5-9-16)24(30)27-25-26-20-10-6-7-11-22(20)33-25/h3-15H,1-2H3,(H,26,27,30). The van der Waals surface area contributed by atoms with E-state index < -0.39 is 0 Å². The lowest BCUT2D eigenvalue weighted by atomic mass is 10.1. The molecule has 0 spiro atoms. The SMILES string of the molecule is COc1ccc(-c2nn(-c3ccccc3)cc2C(=O)Nc2nc3ccccc3s2)c(OC)c1. The molecule has 1 N–H and O–H groups in total. The van der Waals surface area contributed by atoms with E-state index in [0.29, 0.717) is 33.5 Å². The summed E-state index contributed by atoms with van der Waals surface area (Å²) in [6, 6.07) is 22.8. The van der Waals surface area contributed by atoms with Crippen LogP contribution < -0.4 is 14.8 Å². The van der Waals surface area contributed by atoms with Crippen LogP contribution in [0.15, 0.2) is 79.0 Å². The highest BCUT2D eigenvalue weighted by Crippen LogP contribution is 2.35. The fourth-order valence-electron chi connectivity index (χ4n) is 3.54. The van der Waals surface area contributed by atoms with Gasteiger partial charge >= 0.3 is 0 Å². The van der Waals surface area contributed by atoms with E-state index in [0.717, 1.165) is 15.9 Å². The first-order chi connectivity index (χ1) is 16.2. The van der Waals surface area contributed by atoms with Crippen molar-refractivity contribution in [3.8, 4) is 28.4 Å². The van der Waals surface area contributed by atoms with E-state index in [1.165, 1.54) is 11.3 Å². The Hall–Kier alpha value is -4.17. The predicted octanol–water partition coefficient (Wildman–Crippen LogP) is 5.42. The topological polar surface area (TPSA) is 78.3 Å². The number of thiazole rings is 1. The largest absolute Gasteiger partial charge is 0.497 e. The third kappa shape index (κ3) is 4.04. The summed E-state index contributed by atoms with van der Waals surface area (Å²) >= 11 is 1.43. The number of ether oxygens (including phenoxy) is 2. The van der Waals surface area contributed by atoms with Crippen molar-refractivity contribution in [2.45, 2.75) is 0 Å². The van der Waals surface area contributed by atoms with Crippen LogP contribution in [-0.2, 0) is 0 Å². The number of amides is 1. The maximum absolute atomic E-state index is 13.4. The van der Waals surface area contributed by atoms with Crippen molar-refractivity contribution in [3.05, 3.63) is 84.6 Å². The number of rotatable bonds is 6. The molecule has 0 aliphatic rings. The minimum absolute atomic E-state index is 0.302. The molecule has 7 nitrogen and oxygen atoms in total. The van der Waals surface area contributed by atoms with Crippen LogP contribution >= 0.6 is 11.3 Å². The highest BCUT2D eigenvalue weighted by atomic mass is 32.1. The van der Waals surface area contributed by atoms with Gasteiger partial charge < -0.3 is 9.47 Å². The molecule has 0 aliphatic carbocycles. The van der Waals surface area contributed by atoms with E-state index >= 15 is 0 Å². The average Bonchev–Trinajstić information content (AvgIpc) is 3.48. The van der Waals surface area contributed by atoms with Crippen molar-refractivity contribution in [1.82, 2.24) is 14.8 Å². The van der Waals surface area contributed by atoms with E-state index in [-0.39, 0.29) is 5.91 Å². The lowest BCUT2D eigenvalue weighted by Crippen LogP contribution is -2.12. The number of hydrogen-bond donors (Lipinski definition) is 1. The van der Waals surface area contributed by atoms with Gasteiger partial charge in [-0.3, -0.25) is 10.1 Å². The minimum Gasteiger partial charge on any atom is -0.497 e. The molecule has 0 atom stereocenters. The van der Waals surface area contributed by atoms with Gasteiger partial charge in [-0.2, -0.15) is 5.10 Å². The third-order valence-electron chi connectivity index (χ3n) is 5.16. The molecular formula is C25H20N4O3S. The number of carbonyl (C=O) groups excluding carboxylic acids is 1. The molecule has 0 saturated heterocycles. The first-order valence-electron chi connectivity index (χ1n) is 10.2. The zero-order valence-corrected chi connectivity index (χ0v) is 18.8. The van der Waals surface area contributed by atoms with Crippen LogP contribution in [0, 0.1) is 0 Å². The molecule has 0 fully saturated rings. The zero-order chi connectivity index (χ0) is 22.8. The number of anilines is 1. The molecule has 0 bridgehead atoms. The number of nitrogens with zero attached hydrogens (tertiary/aromatic N) is 3. The molecule has 164 valence electrons. The molecule has 2 heterocycles. The Balaban J connectivity index is 1.59. The minimum atomic E-state index is -0.302. The number of hydrogen-bond acceptors (Lipinski definition) is 6. The van der Waals surface area contributed by atoms with Gasteiger partial charge in [0.2, 0.25) is 0 Å². The van der Waals surface area contributed by atoms with Gasteiger partial charge in [0, 0.05) is 17.8 Å². The number of fused-ring (bicyclic) bond motifs is 1. The molecular weight excluding hydrogens is 436 g/mol. The van der Waals surface area contributed by atoms with Crippen LogP contribution in [0.3, 0.4) is 0 Å². The number of para-hydroxylation sites is 2. The molecule has 0 radical (unpaired) electrons. The van der Waals surface area contributed by atoms with Crippen LogP contribution in [0.4, 0.5) is 5.13 Å². The van der Waals surface area contributed by atoms with Crippen LogP contribution in [0.1, 0.15) is 10.4 Å². The van der Waals surface area contributed by atoms with Gasteiger partial charge in [0.05, 0.1) is 35.7 Å². The molecule has 8 heteroatoms. The predicted molar refractivity (Wildman–Crippen MR) is 130 cm³/mol. The Labute approximate surface area is 194 Å². The van der Waals surface area contributed by atoms with Gasteiger partial charge in [-0.15, -0.1) is 0 Å². The van der Waals surface area contributed by atoms with Gasteiger partial charge in [0.1, 0.15) is 17.2 Å². The second-order valence-electron chi connectivity index (χ2n) is 7.18. The molecule has 33 heavy (non-hydrogen) atoms. The molecule has 1 amide bonds. The van der Waals surface area contributed by atoms with Crippen molar-refractivity contribution < 1.29 is 14.3 Å². The number of carbonyl (C=O) groups is 1. The second-order valence-corrected chi connectivity index (χ2v) is 8.21. The summed E-state index contributed by atoms with van der Waals surface area (Å²) in [7, 11) is 3.17. The van der Waals surface area contributed by atoms with Crippen LogP contribution in [-0.4, -0.2) is 34.9 Å². The summed E-state index contributed by atoms with van der Waals surface area (Å²) < 4.78 is 13.6. The summed E-state index contributed by atoms with van der Waals surface area (Å²) in [6.07, 6.45) is 1.72. The van der Waals surface area contributed by atoms with Crippen molar-refractivity contribution in [2.75, 3.05) is 19.5 Å². The van der Waals surface area contributed by atoms with E-state index in [1.54, 1.807) is 31.2 Å². The Morgan fingerprint density at radius 3 is 2.52 bits per heavy atom. The Bertz CT molecular complexity index is 1410. The molecule has 3 aromatic carbocycles. The first kappa shape index (κ1) is 20.7. The van der Waals surface area contributed by atoms with E-state index in [2.05, 4.69) is 10.3 Å². The van der Waals surface area contributed by atoms with E-state index in [9.17, 15) is 4.79 Å². The number of benzene rings is 3. The van der Waals surface area contributed by atoms with Gasteiger partial charge in [-0.05, 0) is 36.4 Å². The molecule has 0 aliphatic heterocycles. The van der Waals surface area contributed by atoms with Gasteiger partial charge in [-0.25, -0.2) is 9.67 Å². The summed E-state index contributed by atoms with van der Waals surface area (Å²) in [4.78, 5) is 17.9. The summed E-state index contributed by atoms with van der Waals surface area (Å²) in [6.45, 7) is 0. The summed E-state index contributed by atoms with van der Waals surface area (Å²) in [5.74, 6) is 0.907. The number of aromatic nitrogens is 3. The van der Waals surface area contributed by atoms with Crippen LogP contribution in [0.5, 0.6) is 11.5 Å². The van der Waals surface area contributed by atoms with Crippen LogP contribution in [0.25, 0.3) is 27.2 Å². The van der Waals surface area contributed by atoms with Crippen molar-refractivity contribution in [1.29, 1.82) is 0 Å². The Morgan fingerprint density at radius 1 is 0.970 bits per heavy atom. The monoisotopic (exact) mass is 456 g/mol. The van der Waals surface area contributed by atoms with E-state index in [4.69, 9.17) is 14.6 Å². The third-order valence-corrected chi connectivity index (χ3v) is 6.11. The lowest BCUT2D eigenvalue weighted by Gasteiger charge is -2.10. The highest BCUT2D eigenvalue weighted by molar-refractivity contribution is 7.22. The second kappa shape index (κ2) is 8.76. The molecule has 5 aromatic rings. The van der Waals surface area contributed by atoms with E-state index in [1.807, 2.05) is 66.7 Å². The van der Waals surface area contributed by atoms with Gasteiger partial charge in [0.25, 0.3) is 5.91 Å². The zero-order valence-electron chi connectivity index (χ0n) is 18.0. The van der Waals surface area contributed by atoms with Crippen molar-refractivity contribution in [3.63, 3.8) is 0 Å². The highest BCUT2D eigenvalue weighted by Gasteiger charge is 2.22. The maximum Gasteiger partial charge on any atom is 0.261 e. The molecule has 2 aromatic heterocycles. The van der Waals surface area contributed by atoms with Crippen LogP contribution in [0.2, 0.25) is 0 Å². The summed E-state index contributed by atoms with van der Waals surface area (Å²) in [5, 5.41) is 8.20. The molecule has 5 rings (SSSR count). The first-order valence-corrected chi connectivity index (χ1v) is 11.0. The Morgan fingerprint density at radius 2 is 1.76 bits per heavy atom. The summed E-state index contributed by atoms with van der Waals surface area (Å²) in [5.41, 5.74) is 3.26. The smallest absolute Gasteiger partial charge is 0.261 e. The molecule has 0 saturated carbocycles. The quantitative estimate of drug-likeness (QED) is 0.369. The van der Waals surface area contributed by atoms with Crippen molar-refractivity contribution >= 4 is 32.6 Å². The Kier molecular flexibility index (Phi) is 5.50. The normalized spacial score (nSPS) is 10.8. The maximum atomic E-state index is 13.4. The fourth-order valence-corrected chi connectivity index (χ4v) is 4.40. The lowest BCUT2D eigenvalue weighted by molar-refractivity contribution is 0.102. The van der Waals surface area contributed by atoms with Gasteiger partial charge in [-0.1, -0.05) is 41.7 Å².